The molecule has 1 aliphatic rings. The number of benzene rings is 1. The number of ether oxygens (including phenoxy) is 1. The van der Waals surface area contributed by atoms with Crippen LogP contribution in [-0.2, 0) is 10.0 Å². The summed E-state index contributed by atoms with van der Waals surface area (Å²) in [5.41, 5.74) is 13.0. The summed E-state index contributed by atoms with van der Waals surface area (Å²) in [5.74, 6) is 0.429. The summed E-state index contributed by atoms with van der Waals surface area (Å²) in [7, 11) is -2.38. The number of nitrogens with zero attached hydrogens (tertiary/aromatic N) is 1. The summed E-state index contributed by atoms with van der Waals surface area (Å²) in [6.07, 6.45) is 1.09. The van der Waals surface area contributed by atoms with Gasteiger partial charge in [-0.15, -0.1) is 0 Å². The summed E-state index contributed by atoms with van der Waals surface area (Å²) in [5, 5.41) is 5.37. The topological polar surface area (TPSA) is 130 Å². The maximum atomic E-state index is 12.0. The molecule has 122 valence electrons. The highest BCUT2D eigenvalue weighted by molar-refractivity contribution is 7.89. The van der Waals surface area contributed by atoms with Gasteiger partial charge in [0.05, 0.1) is 12.0 Å². The number of pyridine rings is 1. The van der Waals surface area contributed by atoms with E-state index in [9.17, 15) is 8.42 Å². The minimum atomic E-state index is -3.90. The predicted octanol–water partition coefficient (Wildman–Crippen LogP) is -0.480. The second-order valence-corrected chi connectivity index (χ2v) is 6.35. The van der Waals surface area contributed by atoms with Gasteiger partial charge in [0, 0.05) is 17.8 Å². The smallest absolute Gasteiger partial charge is 0.238 e. The Kier molecular flexibility index (Phi) is 4.26. The molecule has 1 aromatic carbocycles. The van der Waals surface area contributed by atoms with Gasteiger partial charge in [0.1, 0.15) is 6.17 Å². The van der Waals surface area contributed by atoms with Crippen LogP contribution in [0.3, 0.4) is 0 Å². The van der Waals surface area contributed by atoms with Crippen molar-refractivity contribution in [3.63, 3.8) is 0 Å². The first-order valence-corrected chi connectivity index (χ1v) is 8.22. The summed E-state index contributed by atoms with van der Waals surface area (Å²) < 4.78 is 29.1. The van der Waals surface area contributed by atoms with E-state index < -0.39 is 16.2 Å². The Bertz CT molecular complexity index is 820. The second kappa shape index (κ2) is 6.20. The maximum Gasteiger partial charge on any atom is 0.238 e. The lowest BCUT2D eigenvalue weighted by Crippen LogP contribution is -2.33. The monoisotopic (exact) mass is 336 g/mol. The van der Waals surface area contributed by atoms with E-state index in [1.54, 1.807) is 30.5 Å². The summed E-state index contributed by atoms with van der Waals surface area (Å²) in [6, 6.07) is 8.40. The number of nitrogens with two attached hydrogens (primary N) is 1. The maximum absolute atomic E-state index is 12.0. The molecule has 0 unspecified atom stereocenters. The van der Waals surface area contributed by atoms with Crippen LogP contribution in [0.5, 0.6) is 5.88 Å². The fraction of sp³-hybridized carbons (Fsp3) is 0.154. The van der Waals surface area contributed by atoms with Crippen LogP contribution in [0.1, 0.15) is 11.7 Å². The molecule has 9 nitrogen and oxygen atoms in total. The second-order valence-electron chi connectivity index (χ2n) is 4.82. The molecule has 3 rings (SSSR count). The molecule has 0 atom stereocenters. The Hall–Kier alpha value is -2.08. The number of hydrogen-bond acceptors (Lipinski definition) is 8. The van der Waals surface area contributed by atoms with Crippen LogP contribution >= 0.6 is 0 Å². The van der Waals surface area contributed by atoms with Crippen molar-refractivity contribution >= 4 is 10.0 Å². The lowest BCUT2D eigenvalue weighted by atomic mass is 9.98. The van der Waals surface area contributed by atoms with Crippen LogP contribution in [0.4, 0.5) is 0 Å². The number of hydrazine groups is 3. The largest absolute Gasteiger partial charge is 0.481 e. The highest BCUT2D eigenvalue weighted by atomic mass is 32.2. The van der Waals surface area contributed by atoms with E-state index in [2.05, 4.69) is 26.9 Å². The van der Waals surface area contributed by atoms with Gasteiger partial charge in [-0.05, 0) is 23.3 Å². The Morgan fingerprint density at radius 2 is 1.96 bits per heavy atom. The number of primary sulfonamides is 1. The molecule has 0 spiro atoms. The number of hydrogen-bond donors (Lipinski definition) is 5. The fourth-order valence-electron chi connectivity index (χ4n) is 2.43. The van der Waals surface area contributed by atoms with E-state index >= 15 is 0 Å². The van der Waals surface area contributed by atoms with Gasteiger partial charge in [0.25, 0.3) is 0 Å². The van der Waals surface area contributed by atoms with Crippen LogP contribution in [-0.4, -0.2) is 20.5 Å². The number of rotatable bonds is 4. The molecule has 23 heavy (non-hydrogen) atoms. The van der Waals surface area contributed by atoms with Gasteiger partial charge >= 0.3 is 0 Å². The Morgan fingerprint density at radius 1 is 1.22 bits per heavy atom. The first-order valence-electron chi connectivity index (χ1n) is 6.68. The van der Waals surface area contributed by atoms with Crippen molar-refractivity contribution in [1.29, 1.82) is 0 Å². The first kappa shape index (κ1) is 15.8. The van der Waals surface area contributed by atoms with E-state index in [4.69, 9.17) is 9.88 Å². The third kappa shape index (κ3) is 3.17. The van der Waals surface area contributed by atoms with Crippen LogP contribution in [0.25, 0.3) is 11.1 Å². The molecule has 10 heteroatoms. The molecule has 1 aliphatic heterocycles. The zero-order chi connectivity index (χ0) is 16.4. The Labute approximate surface area is 133 Å². The van der Waals surface area contributed by atoms with Crippen molar-refractivity contribution in [2.24, 2.45) is 5.14 Å². The number of nitrogens with one attached hydrogen (secondary N) is 4. The van der Waals surface area contributed by atoms with Gasteiger partial charge in [-0.1, -0.05) is 12.1 Å². The lowest BCUT2D eigenvalue weighted by molar-refractivity contribution is 0.398. The molecule has 0 aliphatic carbocycles. The van der Waals surface area contributed by atoms with Gasteiger partial charge in [-0.2, -0.15) is 11.1 Å². The molecule has 1 saturated heterocycles. The van der Waals surface area contributed by atoms with E-state index in [1.165, 1.54) is 13.2 Å². The fourth-order valence-corrected chi connectivity index (χ4v) is 3.23. The molecule has 2 aromatic rings. The molecule has 0 radical (unpaired) electrons. The third-order valence-corrected chi connectivity index (χ3v) is 4.38. The van der Waals surface area contributed by atoms with Gasteiger partial charge in [0.2, 0.25) is 15.9 Å². The molecular weight excluding hydrogens is 320 g/mol. The third-order valence-electron chi connectivity index (χ3n) is 3.41. The van der Waals surface area contributed by atoms with Gasteiger partial charge in [0.15, 0.2) is 0 Å². The van der Waals surface area contributed by atoms with Crippen LogP contribution in [0.2, 0.25) is 0 Å². The molecular formula is C13H16N6O3S. The SMILES string of the molecule is COc1cc(-c2cccc(S(N)(=O)=O)c2C2NNNN2)ccn1. The van der Waals surface area contributed by atoms with E-state index in [-0.39, 0.29) is 4.90 Å². The van der Waals surface area contributed by atoms with Crippen molar-refractivity contribution in [2.45, 2.75) is 11.1 Å². The number of aromatic nitrogens is 1. The normalized spacial score (nSPS) is 15.7. The van der Waals surface area contributed by atoms with Crippen molar-refractivity contribution in [3.05, 3.63) is 42.1 Å². The predicted molar refractivity (Wildman–Crippen MR) is 82.9 cm³/mol. The summed E-state index contributed by atoms with van der Waals surface area (Å²) in [4.78, 5) is 4.09. The standard InChI is InChI=1S/C13H16N6O3S/c1-22-11-7-8(5-6-15-11)9-3-2-4-10(23(14,20)21)12(9)13-16-18-19-17-13/h2-7,13,16-19H,1H3,(H2,14,20,21). The molecule has 2 heterocycles. The zero-order valence-corrected chi connectivity index (χ0v) is 13.0. The molecule has 1 aromatic heterocycles. The Morgan fingerprint density at radius 3 is 2.61 bits per heavy atom. The molecule has 0 bridgehead atoms. The summed E-state index contributed by atoms with van der Waals surface area (Å²) >= 11 is 0. The lowest BCUT2D eigenvalue weighted by Gasteiger charge is -2.18. The zero-order valence-electron chi connectivity index (χ0n) is 12.2. The minimum Gasteiger partial charge on any atom is -0.481 e. The minimum absolute atomic E-state index is 0.0290. The van der Waals surface area contributed by atoms with Crippen molar-refractivity contribution < 1.29 is 13.2 Å². The van der Waals surface area contributed by atoms with E-state index in [0.29, 0.717) is 17.0 Å². The van der Waals surface area contributed by atoms with E-state index in [0.717, 1.165) is 5.56 Å². The number of methoxy groups -OCH3 is 1. The molecule has 0 saturated carbocycles. The van der Waals surface area contributed by atoms with Crippen LogP contribution < -0.4 is 31.8 Å². The molecule has 1 fully saturated rings. The van der Waals surface area contributed by atoms with Crippen molar-refractivity contribution in [3.8, 4) is 17.0 Å². The van der Waals surface area contributed by atoms with Crippen LogP contribution in [0.15, 0.2) is 41.4 Å². The summed E-state index contributed by atoms with van der Waals surface area (Å²) in [6.45, 7) is 0. The molecule has 6 N–H and O–H groups in total. The Balaban J connectivity index is 2.23. The highest BCUT2D eigenvalue weighted by Crippen LogP contribution is 2.33. The van der Waals surface area contributed by atoms with Gasteiger partial charge in [-0.25, -0.2) is 29.4 Å². The average molecular weight is 336 g/mol. The highest BCUT2D eigenvalue weighted by Gasteiger charge is 2.27. The van der Waals surface area contributed by atoms with Crippen LogP contribution in [0, 0.1) is 0 Å². The quantitative estimate of drug-likeness (QED) is 0.506. The van der Waals surface area contributed by atoms with Crippen molar-refractivity contribution in [2.75, 3.05) is 7.11 Å². The van der Waals surface area contributed by atoms with E-state index in [1.807, 2.05) is 0 Å². The van der Waals surface area contributed by atoms with Gasteiger partial charge < -0.3 is 4.74 Å². The first-order chi connectivity index (χ1) is 11.0. The van der Waals surface area contributed by atoms with Gasteiger partial charge in [-0.3, -0.25) is 0 Å². The molecule has 0 amide bonds. The average Bonchev–Trinajstić information content (AvgIpc) is 3.07. The van der Waals surface area contributed by atoms with Crippen molar-refractivity contribution in [1.82, 2.24) is 26.9 Å². The number of sulfonamides is 1.